The highest BCUT2D eigenvalue weighted by atomic mass is 16.6. The lowest BCUT2D eigenvalue weighted by Gasteiger charge is -2.14. The van der Waals surface area contributed by atoms with Gasteiger partial charge in [-0.1, -0.05) is 6.07 Å². The molecule has 0 radical (unpaired) electrons. The van der Waals surface area contributed by atoms with Crippen molar-refractivity contribution >= 4 is 11.9 Å². The van der Waals surface area contributed by atoms with E-state index in [1.54, 1.807) is 13.8 Å². The molecule has 0 aromatic heterocycles. The van der Waals surface area contributed by atoms with Gasteiger partial charge < -0.3 is 14.2 Å². The van der Waals surface area contributed by atoms with Gasteiger partial charge >= 0.3 is 11.9 Å². The van der Waals surface area contributed by atoms with Crippen LogP contribution in [0.1, 0.15) is 44.2 Å². The zero-order valence-corrected chi connectivity index (χ0v) is 15.1. The fourth-order valence-electron chi connectivity index (χ4n) is 2.47. The first-order valence-corrected chi connectivity index (χ1v) is 8.52. The molecule has 0 saturated carbocycles. The van der Waals surface area contributed by atoms with Crippen LogP contribution in [-0.4, -0.2) is 31.8 Å². The molecule has 0 unspecified atom stereocenters. The molecule has 0 amide bonds. The van der Waals surface area contributed by atoms with Gasteiger partial charge in [0.2, 0.25) is 0 Å². The van der Waals surface area contributed by atoms with E-state index in [-0.39, 0.29) is 13.2 Å². The molecule has 5 heteroatoms. The number of aryl methyl sites for hydroxylation is 2. The summed E-state index contributed by atoms with van der Waals surface area (Å²) in [4.78, 5) is 23.7. The van der Waals surface area contributed by atoms with Crippen LogP contribution in [0.4, 0.5) is 0 Å². The molecule has 1 rings (SSSR count). The van der Waals surface area contributed by atoms with Crippen LogP contribution in [0.25, 0.3) is 0 Å². The van der Waals surface area contributed by atoms with E-state index in [0.29, 0.717) is 19.4 Å². The van der Waals surface area contributed by atoms with Crippen molar-refractivity contribution in [3.8, 4) is 5.75 Å². The zero-order valence-electron chi connectivity index (χ0n) is 15.1. The lowest BCUT2D eigenvalue weighted by molar-refractivity contribution is -0.162. The second-order valence-corrected chi connectivity index (χ2v) is 5.72. The molecule has 0 atom stereocenters. The van der Waals surface area contributed by atoms with Crippen molar-refractivity contribution in [1.82, 2.24) is 0 Å². The third kappa shape index (κ3) is 7.02. The van der Waals surface area contributed by atoms with Crippen molar-refractivity contribution in [2.24, 2.45) is 5.92 Å². The Hall–Kier alpha value is -2.04. The molecule has 1 aromatic rings. The average molecular weight is 336 g/mol. The van der Waals surface area contributed by atoms with Gasteiger partial charge in [0.05, 0.1) is 19.8 Å². The molecule has 0 aliphatic rings. The Balaban J connectivity index is 2.41. The molecule has 134 valence electrons. The van der Waals surface area contributed by atoms with E-state index < -0.39 is 17.9 Å². The number of ether oxygens (including phenoxy) is 3. The maximum atomic E-state index is 11.9. The first-order valence-electron chi connectivity index (χ1n) is 8.52. The Kier molecular flexibility index (Phi) is 8.90. The van der Waals surface area contributed by atoms with Crippen LogP contribution < -0.4 is 4.74 Å². The molecule has 0 aliphatic carbocycles. The summed E-state index contributed by atoms with van der Waals surface area (Å²) < 4.78 is 15.6. The maximum Gasteiger partial charge on any atom is 0.320 e. The number of hydrogen-bond donors (Lipinski definition) is 0. The number of benzene rings is 1. The molecular formula is C19H28O5. The van der Waals surface area contributed by atoms with Gasteiger partial charge in [-0.3, -0.25) is 9.59 Å². The monoisotopic (exact) mass is 336 g/mol. The van der Waals surface area contributed by atoms with Crippen LogP contribution in [0.5, 0.6) is 5.75 Å². The van der Waals surface area contributed by atoms with E-state index in [2.05, 4.69) is 6.07 Å². The minimum atomic E-state index is -0.842. The molecule has 0 saturated heterocycles. The van der Waals surface area contributed by atoms with Crippen molar-refractivity contribution in [2.45, 2.75) is 47.0 Å². The van der Waals surface area contributed by atoms with E-state index >= 15 is 0 Å². The summed E-state index contributed by atoms with van der Waals surface area (Å²) in [6.45, 7) is 8.55. The van der Waals surface area contributed by atoms with Crippen LogP contribution in [0.3, 0.4) is 0 Å². The lowest BCUT2D eigenvalue weighted by atomic mass is 10.0. The number of rotatable bonds is 10. The fourth-order valence-corrected chi connectivity index (χ4v) is 2.47. The van der Waals surface area contributed by atoms with E-state index in [1.165, 1.54) is 0 Å². The van der Waals surface area contributed by atoms with Gasteiger partial charge in [-0.2, -0.15) is 0 Å². The Morgan fingerprint density at radius 3 is 1.96 bits per heavy atom. The highest BCUT2D eigenvalue weighted by Crippen LogP contribution is 2.18. The second-order valence-electron chi connectivity index (χ2n) is 5.72. The maximum absolute atomic E-state index is 11.9. The van der Waals surface area contributed by atoms with Gasteiger partial charge in [-0.05, 0) is 70.2 Å². The van der Waals surface area contributed by atoms with Gasteiger partial charge in [-0.15, -0.1) is 0 Å². The summed E-state index contributed by atoms with van der Waals surface area (Å²) in [6, 6.07) is 6.08. The van der Waals surface area contributed by atoms with Crippen LogP contribution in [0.2, 0.25) is 0 Å². The third-order valence-corrected chi connectivity index (χ3v) is 3.49. The lowest BCUT2D eigenvalue weighted by Crippen LogP contribution is -2.28. The van der Waals surface area contributed by atoms with Crippen molar-refractivity contribution in [1.29, 1.82) is 0 Å². The quantitative estimate of drug-likeness (QED) is 0.371. The number of carbonyl (C=O) groups is 2. The summed E-state index contributed by atoms with van der Waals surface area (Å²) in [6.07, 6.45) is 1.85. The number of esters is 2. The molecule has 0 aliphatic heterocycles. The van der Waals surface area contributed by atoms with Crippen molar-refractivity contribution in [2.75, 3.05) is 19.8 Å². The van der Waals surface area contributed by atoms with Gasteiger partial charge in [-0.25, -0.2) is 0 Å². The Morgan fingerprint density at radius 1 is 0.917 bits per heavy atom. The third-order valence-electron chi connectivity index (χ3n) is 3.49. The molecule has 24 heavy (non-hydrogen) atoms. The van der Waals surface area contributed by atoms with Crippen LogP contribution in [0, 0.1) is 19.8 Å². The number of unbranched alkanes of at least 4 members (excludes halogenated alkanes) is 1. The molecule has 0 N–H and O–H groups in total. The van der Waals surface area contributed by atoms with Gasteiger partial charge in [0, 0.05) is 0 Å². The number of carbonyl (C=O) groups excluding carboxylic acids is 2. The van der Waals surface area contributed by atoms with E-state index in [9.17, 15) is 9.59 Å². The standard InChI is InChI=1S/C19H28O5/c1-5-22-18(20)17(19(21)23-6-2)9-7-8-10-24-16-12-14(3)11-15(4)13-16/h11-13,17H,5-10H2,1-4H3. The predicted octanol–water partition coefficient (Wildman–Crippen LogP) is 3.59. The summed E-state index contributed by atoms with van der Waals surface area (Å²) in [5, 5.41) is 0. The summed E-state index contributed by atoms with van der Waals surface area (Å²) in [5.74, 6) is -1.01. The summed E-state index contributed by atoms with van der Waals surface area (Å²) >= 11 is 0. The first kappa shape index (κ1) is 20.0. The molecule has 0 fully saturated rings. The minimum absolute atomic E-state index is 0.255. The summed E-state index contributed by atoms with van der Waals surface area (Å²) in [5.41, 5.74) is 2.32. The largest absolute Gasteiger partial charge is 0.494 e. The van der Waals surface area contributed by atoms with E-state index in [1.807, 2.05) is 26.0 Å². The Morgan fingerprint density at radius 2 is 1.46 bits per heavy atom. The smallest absolute Gasteiger partial charge is 0.320 e. The van der Waals surface area contributed by atoms with Crippen molar-refractivity contribution in [3.63, 3.8) is 0 Å². The fraction of sp³-hybridized carbons (Fsp3) is 0.579. The Labute approximate surface area is 144 Å². The molecular weight excluding hydrogens is 308 g/mol. The SMILES string of the molecule is CCOC(=O)C(CCCCOc1cc(C)cc(C)c1)C(=O)OCC. The highest BCUT2D eigenvalue weighted by molar-refractivity contribution is 5.94. The topological polar surface area (TPSA) is 61.8 Å². The molecule has 0 bridgehead atoms. The second kappa shape index (κ2) is 10.7. The Bertz CT molecular complexity index is 500. The average Bonchev–Trinajstić information content (AvgIpc) is 2.50. The van der Waals surface area contributed by atoms with Gasteiger partial charge in [0.15, 0.2) is 5.92 Å². The van der Waals surface area contributed by atoms with Crippen LogP contribution in [-0.2, 0) is 19.1 Å². The normalized spacial score (nSPS) is 10.5. The van der Waals surface area contributed by atoms with Crippen molar-refractivity contribution in [3.05, 3.63) is 29.3 Å². The minimum Gasteiger partial charge on any atom is -0.494 e. The van der Waals surface area contributed by atoms with Gasteiger partial charge in [0.1, 0.15) is 5.75 Å². The van der Waals surface area contributed by atoms with Gasteiger partial charge in [0.25, 0.3) is 0 Å². The highest BCUT2D eigenvalue weighted by Gasteiger charge is 2.28. The molecule has 0 heterocycles. The summed E-state index contributed by atoms with van der Waals surface area (Å²) in [7, 11) is 0. The predicted molar refractivity (Wildman–Crippen MR) is 92.0 cm³/mol. The van der Waals surface area contributed by atoms with Crippen molar-refractivity contribution < 1.29 is 23.8 Å². The van der Waals surface area contributed by atoms with E-state index in [4.69, 9.17) is 14.2 Å². The molecule has 5 nitrogen and oxygen atoms in total. The number of hydrogen-bond acceptors (Lipinski definition) is 5. The van der Waals surface area contributed by atoms with Crippen LogP contribution in [0.15, 0.2) is 18.2 Å². The zero-order chi connectivity index (χ0) is 17.9. The first-order chi connectivity index (χ1) is 11.5. The van der Waals surface area contributed by atoms with E-state index in [0.717, 1.165) is 23.3 Å². The molecule has 0 spiro atoms. The molecule has 1 aromatic carbocycles. The van der Waals surface area contributed by atoms with Crippen LogP contribution >= 0.6 is 0 Å².